The van der Waals surface area contributed by atoms with Crippen molar-refractivity contribution in [3.8, 4) is 5.75 Å². The molecule has 0 fully saturated rings. The monoisotopic (exact) mass is 368 g/mol. The van der Waals surface area contributed by atoms with Crippen LogP contribution in [0.15, 0.2) is 42.5 Å². The molecule has 2 rings (SSSR count). The summed E-state index contributed by atoms with van der Waals surface area (Å²) in [6.07, 6.45) is 0.119. The van der Waals surface area contributed by atoms with E-state index in [4.69, 9.17) is 4.74 Å². The second-order valence-corrected chi connectivity index (χ2v) is 7.08. The molecular weight excluding hydrogens is 340 g/mol. The third-order valence-corrected chi connectivity index (χ3v) is 4.02. The Bertz CT molecular complexity index is 777. The lowest BCUT2D eigenvalue weighted by atomic mass is 10.1. The minimum Gasteiger partial charge on any atom is -0.491 e. The van der Waals surface area contributed by atoms with E-state index in [-0.39, 0.29) is 30.5 Å². The molecule has 2 aromatic carbocycles. The second-order valence-electron chi connectivity index (χ2n) is 7.08. The number of amides is 2. The zero-order valence-electron chi connectivity index (χ0n) is 16.6. The smallest absolute Gasteiger partial charge is 0.251 e. The van der Waals surface area contributed by atoms with Crippen molar-refractivity contribution in [1.29, 1.82) is 0 Å². The van der Waals surface area contributed by atoms with Gasteiger partial charge in [0.05, 0.1) is 18.7 Å². The molecule has 0 aliphatic rings. The van der Waals surface area contributed by atoms with Crippen molar-refractivity contribution in [1.82, 2.24) is 10.6 Å². The third kappa shape index (κ3) is 6.44. The van der Waals surface area contributed by atoms with Crippen molar-refractivity contribution in [2.45, 2.75) is 46.8 Å². The van der Waals surface area contributed by atoms with Gasteiger partial charge in [0.1, 0.15) is 5.75 Å². The van der Waals surface area contributed by atoms with Gasteiger partial charge in [0.25, 0.3) is 5.91 Å². The molecule has 0 aliphatic carbocycles. The number of hydrogen-bond acceptors (Lipinski definition) is 3. The molecule has 5 nitrogen and oxygen atoms in total. The predicted octanol–water partition coefficient (Wildman–Crippen LogP) is 3.70. The molecular formula is C22H28N2O3. The number of carbonyl (C=O) groups is 2. The van der Waals surface area contributed by atoms with Crippen LogP contribution in [0.25, 0.3) is 0 Å². The average Bonchev–Trinajstić information content (AvgIpc) is 2.58. The first-order chi connectivity index (χ1) is 12.7. The van der Waals surface area contributed by atoms with E-state index in [1.165, 1.54) is 0 Å². The molecule has 0 bridgehead atoms. The van der Waals surface area contributed by atoms with Crippen LogP contribution in [0.5, 0.6) is 5.75 Å². The maximum atomic E-state index is 12.2. The van der Waals surface area contributed by atoms with Crippen molar-refractivity contribution >= 4 is 11.8 Å². The van der Waals surface area contributed by atoms with Gasteiger partial charge in [0.15, 0.2) is 0 Å². The number of nitrogens with one attached hydrogen (secondary N) is 2. The molecule has 2 N–H and O–H groups in total. The Labute approximate surface area is 161 Å². The summed E-state index contributed by atoms with van der Waals surface area (Å²) in [6, 6.07) is 13.1. The van der Waals surface area contributed by atoms with Gasteiger partial charge in [0.2, 0.25) is 5.91 Å². The lowest BCUT2D eigenvalue weighted by molar-refractivity contribution is -0.120. The van der Waals surface area contributed by atoms with Gasteiger partial charge in [-0.15, -0.1) is 0 Å². The number of benzene rings is 2. The standard InChI is InChI=1S/C22H28N2O3/c1-14(2)27-20-8-6-18(7-9-20)17(5)24-21(25)13-23-22(26)19-11-15(3)10-16(4)12-19/h6-12,14,17H,13H2,1-5H3,(H,23,26)(H,24,25). The molecule has 2 amide bonds. The Balaban J connectivity index is 1.86. The molecule has 1 unspecified atom stereocenters. The first-order valence-corrected chi connectivity index (χ1v) is 9.17. The zero-order chi connectivity index (χ0) is 20.0. The Morgan fingerprint density at radius 3 is 2.11 bits per heavy atom. The van der Waals surface area contributed by atoms with Crippen LogP contribution in [0.1, 0.15) is 53.9 Å². The highest BCUT2D eigenvalue weighted by Gasteiger charge is 2.12. The number of aryl methyl sites for hydroxylation is 2. The Kier molecular flexibility index (Phi) is 6.99. The van der Waals surface area contributed by atoms with Crippen molar-refractivity contribution in [3.05, 3.63) is 64.7 Å². The van der Waals surface area contributed by atoms with Crippen LogP contribution in [-0.4, -0.2) is 24.5 Å². The van der Waals surface area contributed by atoms with Crippen molar-refractivity contribution in [2.75, 3.05) is 6.54 Å². The van der Waals surface area contributed by atoms with Gasteiger partial charge in [-0.2, -0.15) is 0 Å². The summed E-state index contributed by atoms with van der Waals surface area (Å²) in [6.45, 7) is 9.67. The molecule has 0 spiro atoms. The second kappa shape index (κ2) is 9.21. The first kappa shape index (κ1) is 20.5. The van der Waals surface area contributed by atoms with E-state index in [1.807, 2.05) is 77.1 Å². The molecule has 0 aromatic heterocycles. The Hall–Kier alpha value is -2.82. The Morgan fingerprint density at radius 2 is 1.56 bits per heavy atom. The van der Waals surface area contributed by atoms with Gasteiger partial charge in [0, 0.05) is 5.56 Å². The third-order valence-electron chi connectivity index (χ3n) is 4.02. The Morgan fingerprint density at radius 1 is 0.963 bits per heavy atom. The number of ether oxygens (including phenoxy) is 1. The summed E-state index contributed by atoms with van der Waals surface area (Å²) in [4.78, 5) is 24.4. The molecule has 1 atom stereocenters. The van der Waals surface area contributed by atoms with E-state index < -0.39 is 0 Å². The topological polar surface area (TPSA) is 67.4 Å². The van der Waals surface area contributed by atoms with E-state index in [9.17, 15) is 9.59 Å². The molecule has 0 saturated carbocycles. The van der Waals surface area contributed by atoms with Crippen molar-refractivity contribution < 1.29 is 14.3 Å². The van der Waals surface area contributed by atoms with Crippen LogP contribution in [0.2, 0.25) is 0 Å². The number of hydrogen-bond donors (Lipinski definition) is 2. The molecule has 5 heteroatoms. The fourth-order valence-corrected chi connectivity index (χ4v) is 2.85. The van der Waals surface area contributed by atoms with Crippen LogP contribution in [0.4, 0.5) is 0 Å². The highest BCUT2D eigenvalue weighted by Crippen LogP contribution is 2.18. The molecule has 27 heavy (non-hydrogen) atoms. The maximum absolute atomic E-state index is 12.2. The van der Waals surface area contributed by atoms with Crippen LogP contribution in [0, 0.1) is 13.8 Å². The molecule has 0 heterocycles. The van der Waals surface area contributed by atoms with E-state index >= 15 is 0 Å². The first-order valence-electron chi connectivity index (χ1n) is 9.17. The van der Waals surface area contributed by atoms with Gasteiger partial charge in [-0.25, -0.2) is 0 Å². The van der Waals surface area contributed by atoms with E-state index in [0.717, 1.165) is 22.4 Å². The quantitative estimate of drug-likeness (QED) is 0.783. The maximum Gasteiger partial charge on any atom is 0.251 e. The fourth-order valence-electron chi connectivity index (χ4n) is 2.85. The van der Waals surface area contributed by atoms with E-state index in [2.05, 4.69) is 10.6 Å². The molecule has 0 aliphatic heterocycles. The molecule has 0 radical (unpaired) electrons. The fraction of sp³-hybridized carbons (Fsp3) is 0.364. The minimum absolute atomic E-state index is 0.0648. The summed E-state index contributed by atoms with van der Waals surface area (Å²) < 4.78 is 5.62. The van der Waals surface area contributed by atoms with Crippen molar-refractivity contribution in [3.63, 3.8) is 0 Å². The molecule has 144 valence electrons. The predicted molar refractivity (Wildman–Crippen MR) is 107 cm³/mol. The minimum atomic E-state index is -0.250. The molecule has 0 saturated heterocycles. The van der Waals surface area contributed by atoms with Crippen molar-refractivity contribution in [2.24, 2.45) is 0 Å². The summed E-state index contributed by atoms with van der Waals surface area (Å²) in [5, 5.41) is 5.56. The highest BCUT2D eigenvalue weighted by atomic mass is 16.5. The normalized spacial score (nSPS) is 11.8. The average molecular weight is 368 g/mol. The van der Waals surface area contributed by atoms with E-state index in [0.29, 0.717) is 5.56 Å². The van der Waals surface area contributed by atoms with Crippen LogP contribution < -0.4 is 15.4 Å². The lowest BCUT2D eigenvalue weighted by Gasteiger charge is -2.16. The summed E-state index contributed by atoms with van der Waals surface area (Å²) in [5.74, 6) is 0.315. The summed E-state index contributed by atoms with van der Waals surface area (Å²) in [7, 11) is 0. The number of carbonyl (C=O) groups excluding carboxylic acids is 2. The van der Waals surface area contributed by atoms with E-state index in [1.54, 1.807) is 0 Å². The largest absolute Gasteiger partial charge is 0.491 e. The lowest BCUT2D eigenvalue weighted by Crippen LogP contribution is -2.38. The summed E-state index contributed by atoms with van der Waals surface area (Å²) >= 11 is 0. The van der Waals surface area contributed by atoms with Gasteiger partial charge < -0.3 is 15.4 Å². The van der Waals surface area contributed by atoms with Crippen LogP contribution in [0.3, 0.4) is 0 Å². The van der Waals surface area contributed by atoms with Gasteiger partial charge >= 0.3 is 0 Å². The highest BCUT2D eigenvalue weighted by molar-refractivity contribution is 5.96. The summed E-state index contributed by atoms with van der Waals surface area (Å²) in [5.41, 5.74) is 3.57. The number of rotatable bonds is 7. The van der Waals surface area contributed by atoms with Crippen LogP contribution in [-0.2, 0) is 4.79 Å². The zero-order valence-corrected chi connectivity index (χ0v) is 16.6. The van der Waals surface area contributed by atoms with Crippen LogP contribution >= 0.6 is 0 Å². The van der Waals surface area contributed by atoms with Gasteiger partial charge in [-0.3, -0.25) is 9.59 Å². The SMILES string of the molecule is Cc1cc(C)cc(C(=O)NCC(=O)NC(C)c2ccc(OC(C)C)cc2)c1. The van der Waals surface area contributed by atoms with Gasteiger partial charge in [-0.05, 0) is 64.4 Å². The molecule has 2 aromatic rings. The van der Waals surface area contributed by atoms with Gasteiger partial charge in [-0.1, -0.05) is 29.3 Å².